The highest BCUT2D eigenvalue weighted by atomic mass is 16.7. The van der Waals surface area contributed by atoms with Crippen LogP contribution in [-0.2, 0) is 14.3 Å². The number of nitrogens with one attached hydrogen (secondary N) is 1. The number of carbonyl (C=O) groups is 1. The molecule has 1 amide bonds. The van der Waals surface area contributed by atoms with E-state index >= 15 is 0 Å². The van der Waals surface area contributed by atoms with Crippen LogP contribution in [0.2, 0.25) is 0 Å². The summed E-state index contributed by atoms with van der Waals surface area (Å²) in [5.74, 6) is -0.207. The normalized spacial score (nSPS) is 21.4. The lowest BCUT2D eigenvalue weighted by Gasteiger charge is -2.40. The van der Waals surface area contributed by atoms with E-state index in [4.69, 9.17) is 9.47 Å². The van der Waals surface area contributed by atoms with Gasteiger partial charge in [0, 0.05) is 6.42 Å². The van der Waals surface area contributed by atoms with Crippen LogP contribution < -0.4 is 5.32 Å². The van der Waals surface area contributed by atoms with E-state index in [2.05, 4.69) is 55.6 Å². The van der Waals surface area contributed by atoms with Crippen molar-refractivity contribution in [2.45, 2.75) is 236 Å². The van der Waals surface area contributed by atoms with E-state index in [1.165, 1.54) is 109 Å². The monoisotopic (exact) mass is 806 g/mol. The first kappa shape index (κ1) is 53.2. The van der Waals surface area contributed by atoms with Crippen molar-refractivity contribution in [2.75, 3.05) is 13.2 Å². The van der Waals surface area contributed by atoms with E-state index in [1.54, 1.807) is 6.08 Å². The van der Waals surface area contributed by atoms with E-state index < -0.39 is 49.5 Å². The molecule has 0 spiro atoms. The molecule has 7 atom stereocenters. The zero-order chi connectivity index (χ0) is 41.6. The molecule has 0 aromatic carbocycles. The van der Waals surface area contributed by atoms with E-state index in [-0.39, 0.29) is 12.5 Å². The van der Waals surface area contributed by atoms with Gasteiger partial charge in [-0.25, -0.2) is 0 Å². The molecule has 1 aliphatic rings. The summed E-state index contributed by atoms with van der Waals surface area (Å²) >= 11 is 0. The largest absolute Gasteiger partial charge is 0.394 e. The van der Waals surface area contributed by atoms with Crippen molar-refractivity contribution in [1.82, 2.24) is 5.32 Å². The van der Waals surface area contributed by atoms with Crippen LogP contribution in [0.4, 0.5) is 0 Å². The summed E-state index contributed by atoms with van der Waals surface area (Å²) in [6.07, 6.45) is 41.6. The number of carbonyl (C=O) groups excluding carboxylic acids is 1. The van der Waals surface area contributed by atoms with Gasteiger partial charge in [-0.15, -0.1) is 0 Å². The molecule has 1 heterocycles. The second kappa shape index (κ2) is 38.4. The molecular formula is C48H87NO8. The number of aliphatic hydroxyl groups excluding tert-OH is 5. The average Bonchev–Trinajstić information content (AvgIpc) is 3.21. The number of unbranched alkanes of at least 4 members (excludes halogenated alkanes) is 22. The first-order valence-corrected chi connectivity index (χ1v) is 23.4. The molecule has 9 heteroatoms. The van der Waals surface area contributed by atoms with Crippen molar-refractivity contribution < 1.29 is 39.8 Å². The molecule has 332 valence electrons. The average molecular weight is 806 g/mol. The summed E-state index contributed by atoms with van der Waals surface area (Å²) in [4.78, 5) is 12.9. The second-order valence-corrected chi connectivity index (χ2v) is 16.2. The summed E-state index contributed by atoms with van der Waals surface area (Å²) in [5.41, 5.74) is 0. The van der Waals surface area contributed by atoms with Crippen LogP contribution in [0.5, 0.6) is 0 Å². The van der Waals surface area contributed by atoms with Gasteiger partial charge in [-0.2, -0.15) is 0 Å². The van der Waals surface area contributed by atoms with Crippen LogP contribution >= 0.6 is 0 Å². The van der Waals surface area contributed by atoms with Gasteiger partial charge in [0.25, 0.3) is 0 Å². The third-order valence-electron chi connectivity index (χ3n) is 10.9. The highest BCUT2D eigenvalue weighted by Gasteiger charge is 2.44. The van der Waals surface area contributed by atoms with Gasteiger partial charge >= 0.3 is 0 Å². The summed E-state index contributed by atoms with van der Waals surface area (Å²) < 4.78 is 11.2. The third kappa shape index (κ3) is 29.1. The Morgan fingerprint density at radius 2 is 1.09 bits per heavy atom. The number of hydrogen-bond donors (Lipinski definition) is 6. The fraction of sp³-hybridized carbons (Fsp3) is 0.812. The van der Waals surface area contributed by atoms with Gasteiger partial charge in [-0.3, -0.25) is 4.79 Å². The number of hydrogen-bond acceptors (Lipinski definition) is 8. The summed E-state index contributed by atoms with van der Waals surface area (Å²) in [6.45, 7) is 3.64. The SMILES string of the molecule is CC/C=C\C/C=C\C/C=C\CCCCCC(=O)NC(COC1OC(CO)C(O)C(O)C1O)C(O)/C=C/CCCCCCCCCCCCCCCCCCCCC. The molecule has 0 aromatic rings. The number of allylic oxidation sites excluding steroid dienone is 7. The van der Waals surface area contributed by atoms with E-state index in [1.807, 2.05) is 6.08 Å². The Balaban J connectivity index is 2.34. The zero-order valence-corrected chi connectivity index (χ0v) is 36.3. The minimum Gasteiger partial charge on any atom is -0.394 e. The van der Waals surface area contributed by atoms with Crippen molar-refractivity contribution in [3.8, 4) is 0 Å². The number of aliphatic hydroxyl groups is 5. The summed E-state index contributed by atoms with van der Waals surface area (Å²) in [7, 11) is 0. The molecule has 1 fully saturated rings. The Hall–Kier alpha value is -1.85. The molecule has 57 heavy (non-hydrogen) atoms. The molecule has 0 aromatic heterocycles. The smallest absolute Gasteiger partial charge is 0.220 e. The summed E-state index contributed by atoms with van der Waals surface area (Å²) in [5, 5.41) is 54.2. The van der Waals surface area contributed by atoms with Gasteiger partial charge in [-0.1, -0.05) is 184 Å². The lowest BCUT2D eigenvalue weighted by molar-refractivity contribution is -0.302. The van der Waals surface area contributed by atoms with Gasteiger partial charge in [0.2, 0.25) is 5.91 Å². The summed E-state index contributed by atoms with van der Waals surface area (Å²) in [6, 6.07) is -0.820. The fourth-order valence-corrected chi connectivity index (χ4v) is 7.17. The van der Waals surface area contributed by atoms with Crippen molar-refractivity contribution in [2.24, 2.45) is 0 Å². The molecule has 6 N–H and O–H groups in total. The molecule has 0 bridgehead atoms. The topological polar surface area (TPSA) is 149 Å². The van der Waals surface area contributed by atoms with Crippen LogP contribution in [0.15, 0.2) is 48.6 Å². The molecular weight excluding hydrogens is 719 g/mol. The predicted octanol–water partition coefficient (Wildman–Crippen LogP) is 9.84. The molecule has 9 nitrogen and oxygen atoms in total. The minimum atomic E-state index is -1.57. The molecule has 1 rings (SSSR count). The van der Waals surface area contributed by atoms with Crippen LogP contribution in [0.3, 0.4) is 0 Å². The standard InChI is InChI=1S/C48H87NO8/c1-3-5-7-9-11-13-15-17-18-19-20-21-22-23-24-26-27-29-31-33-35-37-42(51)41(40-56-48-47(55)46(54)45(53)43(39-50)57-48)49-44(52)38-36-34-32-30-28-25-16-14-12-10-8-6-4-2/h6,8,12,14,25,28,35,37,41-43,45-48,50-51,53-55H,3-5,7,9-11,13,15-24,26-27,29-34,36,38-40H2,1-2H3,(H,49,52)/b8-6-,14-12-,28-25-,37-35+. The van der Waals surface area contributed by atoms with Gasteiger partial charge in [0.1, 0.15) is 24.4 Å². The molecule has 0 saturated carbocycles. The maximum absolute atomic E-state index is 12.9. The van der Waals surface area contributed by atoms with Gasteiger partial charge in [-0.05, 0) is 51.4 Å². The van der Waals surface area contributed by atoms with Crippen LogP contribution in [0.25, 0.3) is 0 Å². The molecule has 7 unspecified atom stereocenters. The van der Waals surface area contributed by atoms with E-state index in [9.17, 15) is 30.3 Å². The number of ether oxygens (including phenoxy) is 2. The lowest BCUT2D eigenvalue weighted by Crippen LogP contribution is -2.60. The molecule has 1 aliphatic heterocycles. The number of rotatable bonds is 38. The lowest BCUT2D eigenvalue weighted by atomic mass is 9.99. The molecule has 0 aliphatic carbocycles. The first-order chi connectivity index (χ1) is 27.8. The first-order valence-electron chi connectivity index (χ1n) is 23.4. The van der Waals surface area contributed by atoms with Crippen molar-refractivity contribution in [3.63, 3.8) is 0 Å². The van der Waals surface area contributed by atoms with Gasteiger partial charge in [0.05, 0.1) is 25.4 Å². The van der Waals surface area contributed by atoms with Crippen LogP contribution in [-0.4, -0.2) is 87.5 Å². The fourth-order valence-electron chi connectivity index (χ4n) is 7.17. The second-order valence-electron chi connectivity index (χ2n) is 16.2. The van der Waals surface area contributed by atoms with E-state index in [0.29, 0.717) is 6.42 Å². The molecule has 1 saturated heterocycles. The van der Waals surface area contributed by atoms with Gasteiger partial charge in [0.15, 0.2) is 6.29 Å². The Bertz CT molecular complexity index is 1030. The number of amides is 1. The molecule has 0 radical (unpaired) electrons. The van der Waals surface area contributed by atoms with Gasteiger partial charge < -0.3 is 40.3 Å². The quantitative estimate of drug-likeness (QED) is 0.0267. The highest BCUT2D eigenvalue weighted by Crippen LogP contribution is 2.22. The van der Waals surface area contributed by atoms with Crippen molar-refractivity contribution >= 4 is 5.91 Å². The third-order valence-corrected chi connectivity index (χ3v) is 10.9. The Kier molecular flexibility index (Phi) is 35.8. The zero-order valence-electron chi connectivity index (χ0n) is 36.3. The maximum atomic E-state index is 12.9. The Morgan fingerprint density at radius 3 is 1.61 bits per heavy atom. The Labute approximate surface area is 348 Å². The van der Waals surface area contributed by atoms with E-state index in [0.717, 1.165) is 64.2 Å². The predicted molar refractivity (Wildman–Crippen MR) is 235 cm³/mol. The Morgan fingerprint density at radius 1 is 0.614 bits per heavy atom. The highest BCUT2D eigenvalue weighted by molar-refractivity contribution is 5.76. The maximum Gasteiger partial charge on any atom is 0.220 e. The van der Waals surface area contributed by atoms with Crippen molar-refractivity contribution in [1.29, 1.82) is 0 Å². The van der Waals surface area contributed by atoms with Crippen LogP contribution in [0.1, 0.15) is 194 Å². The van der Waals surface area contributed by atoms with Crippen molar-refractivity contribution in [3.05, 3.63) is 48.6 Å². The minimum absolute atomic E-state index is 0.201. The van der Waals surface area contributed by atoms with Crippen LogP contribution in [0, 0.1) is 0 Å².